The molecular formula is C14H19O3P. The van der Waals surface area contributed by atoms with Crippen LogP contribution in [0.5, 0.6) is 11.5 Å². The van der Waals surface area contributed by atoms with E-state index in [0.717, 1.165) is 18.6 Å². The van der Waals surface area contributed by atoms with Crippen LogP contribution >= 0.6 is 8.81 Å². The van der Waals surface area contributed by atoms with E-state index in [1.54, 1.807) is 6.07 Å². The standard InChI is InChI=1S/C14H19O3P/c15-11-8-9-13(16)14(10-11)18-17-12-6-4-2-1-3-5-7-12/h6,8-10,15-16,18H,1-5,7H2/b12-6+. The van der Waals surface area contributed by atoms with E-state index in [4.69, 9.17) is 4.52 Å². The fourth-order valence-electron chi connectivity index (χ4n) is 1.98. The van der Waals surface area contributed by atoms with Gasteiger partial charge in [-0.05, 0) is 43.5 Å². The predicted molar refractivity (Wildman–Crippen MR) is 74.6 cm³/mol. The SMILES string of the molecule is Oc1ccc(O)c(PO/C2=C/CCCCCC2)c1. The third-order valence-corrected chi connectivity index (χ3v) is 4.01. The van der Waals surface area contributed by atoms with E-state index < -0.39 is 0 Å². The van der Waals surface area contributed by atoms with Gasteiger partial charge in [-0.15, -0.1) is 0 Å². The second kappa shape index (κ2) is 6.65. The topological polar surface area (TPSA) is 49.7 Å². The van der Waals surface area contributed by atoms with Gasteiger partial charge in [-0.25, -0.2) is 0 Å². The number of allylic oxidation sites excluding steroid dienone is 2. The summed E-state index contributed by atoms with van der Waals surface area (Å²) < 4.78 is 5.76. The molecule has 1 aliphatic rings. The van der Waals surface area contributed by atoms with Crippen LogP contribution in [0.3, 0.4) is 0 Å². The van der Waals surface area contributed by atoms with Crippen LogP contribution in [0.4, 0.5) is 0 Å². The first-order valence-corrected chi connectivity index (χ1v) is 7.30. The van der Waals surface area contributed by atoms with Crippen LogP contribution < -0.4 is 5.30 Å². The van der Waals surface area contributed by atoms with Crippen molar-refractivity contribution in [3.05, 3.63) is 30.0 Å². The molecule has 1 aliphatic carbocycles. The lowest BCUT2D eigenvalue weighted by molar-refractivity contribution is 0.433. The number of phenols is 2. The van der Waals surface area contributed by atoms with Gasteiger partial charge in [-0.3, -0.25) is 0 Å². The third-order valence-electron chi connectivity index (χ3n) is 3.02. The van der Waals surface area contributed by atoms with Crippen LogP contribution in [0.15, 0.2) is 30.0 Å². The van der Waals surface area contributed by atoms with E-state index in [2.05, 4.69) is 6.08 Å². The Labute approximate surface area is 109 Å². The zero-order valence-electron chi connectivity index (χ0n) is 10.4. The fraction of sp³-hybridized carbons (Fsp3) is 0.429. The first kappa shape index (κ1) is 13.2. The summed E-state index contributed by atoms with van der Waals surface area (Å²) in [4.78, 5) is 0. The van der Waals surface area contributed by atoms with E-state index in [9.17, 15) is 10.2 Å². The second-order valence-corrected chi connectivity index (χ2v) is 5.48. The monoisotopic (exact) mass is 266 g/mol. The lowest BCUT2D eigenvalue weighted by Crippen LogP contribution is -1.97. The minimum Gasteiger partial charge on any atom is -0.508 e. The molecule has 0 aromatic heterocycles. The molecule has 0 bridgehead atoms. The second-order valence-electron chi connectivity index (χ2n) is 4.53. The molecule has 3 nitrogen and oxygen atoms in total. The highest BCUT2D eigenvalue weighted by Crippen LogP contribution is 2.28. The summed E-state index contributed by atoms with van der Waals surface area (Å²) in [6, 6.07) is 4.52. The van der Waals surface area contributed by atoms with Gasteiger partial charge in [0.05, 0.1) is 11.1 Å². The van der Waals surface area contributed by atoms with Crippen molar-refractivity contribution in [1.29, 1.82) is 0 Å². The zero-order valence-corrected chi connectivity index (χ0v) is 11.4. The van der Waals surface area contributed by atoms with Crippen molar-refractivity contribution in [3.8, 4) is 11.5 Å². The molecule has 1 aromatic carbocycles. The van der Waals surface area contributed by atoms with Gasteiger partial charge in [0.2, 0.25) is 0 Å². The Morgan fingerprint density at radius 2 is 1.89 bits per heavy atom. The highest BCUT2D eigenvalue weighted by Gasteiger charge is 2.07. The number of hydrogen-bond donors (Lipinski definition) is 2. The molecule has 98 valence electrons. The Morgan fingerprint density at radius 3 is 2.78 bits per heavy atom. The maximum absolute atomic E-state index is 9.66. The van der Waals surface area contributed by atoms with Gasteiger partial charge in [0.15, 0.2) is 0 Å². The molecule has 4 heteroatoms. The molecule has 0 saturated carbocycles. The number of benzene rings is 1. The molecule has 0 spiro atoms. The van der Waals surface area contributed by atoms with E-state index in [1.165, 1.54) is 37.8 Å². The van der Waals surface area contributed by atoms with Crippen LogP contribution in [0.1, 0.15) is 38.5 Å². The number of hydrogen-bond acceptors (Lipinski definition) is 3. The average molecular weight is 266 g/mol. The quantitative estimate of drug-likeness (QED) is 0.649. The Hall–Kier alpha value is -1.21. The molecule has 2 rings (SSSR count). The smallest absolute Gasteiger partial charge is 0.126 e. The lowest BCUT2D eigenvalue weighted by Gasteiger charge is -2.13. The highest BCUT2D eigenvalue weighted by atomic mass is 31.1. The van der Waals surface area contributed by atoms with Gasteiger partial charge in [0.1, 0.15) is 20.3 Å². The first-order chi connectivity index (χ1) is 8.75. The Morgan fingerprint density at radius 1 is 1.06 bits per heavy atom. The molecular weight excluding hydrogens is 247 g/mol. The third kappa shape index (κ3) is 3.92. The fourth-order valence-corrected chi connectivity index (χ4v) is 2.80. The molecule has 1 aromatic rings. The van der Waals surface area contributed by atoms with Crippen molar-refractivity contribution >= 4 is 14.1 Å². The summed E-state index contributed by atoms with van der Waals surface area (Å²) in [7, 11) is 0.0469. The summed E-state index contributed by atoms with van der Waals surface area (Å²) >= 11 is 0. The zero-order chi connectivity index (χ0) is 12.8. The molecule has 0 heterocycles. The van der Waals surface area contributed by atoms with Crippen molar-refractivity contribution in [2.45, 2.75) is 38.5 Å². The largest absolute Gasteiger partial charge is 0.508 e. The molecule has 18 heavy (non-hydrogen) atoms. The molecule has 1 unspecified atom stereocenters. The van der Waals surface area contributed by atoms with Gasteiger partial charge in [-0.1, -0.05) is 12.8 Å². The maximum Gasteiger partial charge on any atom is 0.126 e. The molecule has 2 N–H and O–H groups in total. The van der Waals surface area contributed by atoms with E-state index >= 15 is 0 Å². The van der Waals surface area contributed by atoms with Crippen molar-refractivity contribution in [2.75, 3.05) is 0 Å². The van der Waals surface area contributed by atoms with Crippen LogP contribution in [-0.4, -0.2) is 10.2 Å². The van der Waals surface area contributed by atoms with Gasteiger partial charge in [0, 0.05) is 6.42 Å². The molecule has 0 fully saturated rings. The Bertz CT molecular complexity index is 429. The lowest BCUT2D eigenvalue weighted by atomic mass is 10.1. The van der Waals surface area contributed by atoms with E-state index in [-0.39, 0.29) is 20.3 Å². The van der Waals surface area contributed by atoms with Crippen LogP contribution in [0.25, 0.3) is 0 Å². The summed E-state index contributed by atoms with van der Waals surface area (Å²) in [5.41, 5.74) is 0. The molecule has 0 aliphatic heterocycles. The molecule has 1 atom stereocenters. The van der Waals surface area contributed by atoms with Crippen molar-refractivity contribution in [3.63, 3.8) is 0 Å². The van der Waals surface area contributed by atoms with Gasteiger partial charge < -0.3 is 14.7 Å². The summed E-state index contributed by atoms with van der Waals surface area (Å²) in [6.07, 6.45) is 9.18. The van der Waals surface area contributed by atoms with Crippen LogP contribution in [-0.2, 0) is 4.52 Å². The van der Waals surface area contributed by atoms with Crippen molar-refractivity contribution in [1.82, 2.24) is 0 Å². The minimum atomic E-state index is 0.0469. The first-order valence-electron chi connectivity index (χ1n) is 6.39. The maximum atomic E-state index is 9.66. The molecule has 0 saturated heterocycles. The van der Waals surface area contributed by atoms with Crippen molar-refractivity contribution < 1.29 is 14.7 Å². The van der Waals surface area contributed by atoms with Gasteiger partial charge in [0.25, 0.3) is 0 Å². The van der Waals surface area contributed by atoms with Crippen molar-refractivity contribution in [2.24, 2.45) is 0 Å². The Balaban J connectivity index is 1.95. The summed E-state index contributed by atoms with van der Waals surface area (Å²) in [5.74, 6) is 1.36. The van der Waals surface area contributed by atoms with E-state index in [1.807, 2.05) is 0 Å². The predicted octanol–water partition coefficient (Wildman–Crippen LogP) is 3.57. The number of aromatic hydroxyl groups is 2. The van der Waals surface area contributed by atoms with E-state index in [0.29, 0.717) is 5.30 Å². The summed E-state index contributed by atoms with van der Waals surface area (Å²) in [6.45, 7) is 0. The minimum absolute atomic E-state index is 0.0469. The average Bonchev–Trinajstić information content (AvgIpc) is 2.32. The van der Waals surface area contributed by atoms with Crippen LogP contribution in [0, 0.1) is 0 Å². The normalized spacial score (nSPS) is 20.1. The van der Waals surface area contributed by atoms with Crippen LogP contribution in [0.2, 0.25) is 0 Å². The number of rotatable bonds is 3. The molecule has 0 amide bonds. The number of phenolic OH excluding ortho intramolecular Hbond substituents is 2. The Kier molecular flexibility index (Phi) is 4.89. The molecule has 0 radical (unpaired) electrons. The highest BCUT2D eigenvalue weighted by molar-refractivity contribution is 7.42. The van der Waals surface area contributed by atoms with Gasteiger partial charge >= 0.3 is 0 Å². The van der Waals surface area contributed by atoms with Gasteiger partial charge in [-0.2, -0.15) is 0 Å². The summed E-state index contributed by atoms with van der Waals surface area (Å²) in [5, 5.41) is 19.7.